The predicted molar refractivity (Wildman–Crippen MR) is 66.3 cm³/mol. The maximum Gasteiger partial charge on any atom is 0.0495 e. The van der Waals surface area contributed by atoms with E-state index in [0.717, 1.165) is 25.7 Å². The van der Waals surface area contributed by atoms with E-state index in [4.69, 9.17) is 4.74 Å². The van der Waals surface area contributed by atoms with Gasteiger partial charge in [0.25, 0.3) is 0 Å². The van der Waals surface area contributed by atoms with Gasteiger partial charge in [0.05, 0.1) is 0 Å². The van der Waals surface area contributed by atoms with Gasteiger partial charge in [0.1, 0.15) is 0 Å². The minimum absolute atomic E-state index is 0.576. The quantitative estimate of drug-likeness (QED) is 0.822. The normalized spacial score (nSPS) is 22.2. The van der Waals surface area contributed by atoms with Crippen LogP contribution in [0.15, 0.2) is 30.3 Å². The van der Waals surface area contributed by atoms with Gasteiger partial charge in [-0.25, -0.2) is 0 Å². The lowest BCUT2D eigenvalue weighted by atomic mass is 10.00. The van der Waals surface area contributed by atoms with Crippen molar-refractivity contribution < 1.29 is 4.74 Å². The lowest BCUT2D eigenvalue weighted by Crippen LogP contribution is -2.28. The second kappa shape index (κ2) is 6.02. The molecular weight excluding hydrogens is 198 g/mol. The van der Waals surface area contributed by atoms with Crippen LogP contribution in [0.2, 0.25) is 0 Å². The standard InChI is InChI=1S/C14H21NO/c1-12(9-14-7-8-16-11-14)15-10-13-5-3-2-4-6-13/h2-6,12,14-15H,7-11H2,1H3/t12-,14+/m1/s1. The van der Waals surface area contributed by atoms with Gasteiger partial charge in [-0.05, 0) is 31.2 Å². The van der Waals surface area contributed by atoms with Gasteiger partial charge in [0, 0.05) is 25.8 Å². The first kappa shape index (κ1) is 11.6. The molecule has 0 aromatic heterocycles. The smallest absolute Gasteiger partial charge is 0.0495 e. The van der Waals surface area contributed by atoms with Gasteiger partial charge < -0.3 is 10.1 Å². The Labute approximate surface area is 98.0 Å². The molecule has 2 atom stereocenters. The molecule has 1 N–H and O–H groups in total. The highest BCUT2D eigenvalue weighted by Crippen LogP contribution is 2.18. The minimum atomic E-state index is 0.576. The summed E-state index contributed by atoms with van der Waals surface area (Å²) in [6, 6.07) is 11.1. The molecule has 2 nitrogen and oxygen atoms in total. The van der Waals surface area contributed by atoms with E-state index in [-0.39, 0.29) is 0 Å². The lowest BCUT2D eigenvalue weighted by molar-refractivity contribution is 0.182. The molecular formula is C14H21NO. The Morgan fingerprint density at radius 2 is 2.19 bits per heavy atom. The second-order valence-electron chi connectivity index (χ2n) is 4.73. The highest BCUT2D eigenvalue weighted by Gasteiger charge is 2.17. The van der Waals surface area contributed by atoms with Crippen molar-refractivity contribution in [2.75, 3.05) is 13.2 Å². The third-order valence-corrected chi connectivity index (χ3v) is 3.21. The van der Waals surface area contributed by atoms with Crippen molar-refractivity contribution in [1.29, 1.82) is 0 Å². The molecule has 1 fully saturated rings. The predicted octanol–water partition coefficient (Wildman–Crippen LogP) is 2.59. The van der Waals surface area contributed by atoms with Crippen LogP contribution in [0.5, 0.6) is 0 Å². The molecule has 1 heterocycles. The van der Waals surface area contributed by atoms with Crippen LogP contribution < -0.4 is 5.32 Å². The van der Waals surface area contributed by atoms with Crippen molar-refractivity contribution in [3.8, 4) is 0 Å². The van der Waals surface area contributed by atoms with Crippen LogP contribution >= 0.6 is 0 Å². The maximum absolute atomic E-state index is 5.39. The van der Waals surface area contributed by atoms with Gasteiger partial charge in [-0.1, -0.05) is 30.3 Å². The molecule has 0 aliphatic carbocycles. The van der Waals surface area contributed by atoms with Gasteiger partial charge in [0.2, 0.25) is 0 Å². The fourth-order valence-electron chi connectivity index (χ4n) is 2.24. The number of ether oxygens (including phenoxy) is 1. The molecule has 1 saturated heterocycles. The molecule has 2 heteroatoms. The Bertz CT molecular complexity index is 293. The van der Waals surface area contributed by atoms with E-state index in [0.29, 0.717) is 6.04 Å². The van der Waals surface area contributed by atoms with E-state index in [2.05, 4.69) is 42.6 Å². The molecule has 88 valence electrons. The minimum Gasteiger partial charge on any atom is -0.381 e. The van der Waals surface area contributed by atoms with Crippen LogP contribution in [0.4, 0.5) is 0 Å². The molecule has 16 heavy (non-hydrogen) atoms. The highest BCUT2D eigenvalue weighted by atomic mass is 16.5. The first-order valence-electron chi connectivity index (χ1n) is 6.19. The average molecular weight is 219 g/mol. The van der Waals surface area contributed by atoms with Crippen LogP contribution in [-0.2, 0) is 11.3 Å². The highest BCUT2D eigenvalue weighted by molar-refractivity contribution is 5.14. The second-order valence-corrected chi connectivity index (χ2v) is 4.73. The average Bonchev–Trinajstić information content (AvgIpc) is 2.81. The van der Waals surface area contributed by atoms with E-state index >= 15 is 0 Å². The number of hydrogen-bond acceptors (Lipinski definition) is 2. The SMILES string of the molecule is C[C@H](C[C@@H]1CCOC1)NCc1ccccc1. The first-order valence-corrected chi connectivity index (χ1v) is 6.19. The molecule has 1 aliphatic heterocycles. The fourth-order valence-corrected chi connectivity index (χ4v) is 2.24. The third-order valence-electron chi connectivity index (χ3n) is 3.21. The van der Waals surface area contributed by atoms with Crippen LogP contribution in [-0.4, -0.2) is 19.3 Å². The van der Waals surface area contributed by atoms with E-state index in [1.54, 1.807) is 0 Å². The Hall–Kier alpha value is -0.860. The van der Waals surface area contributed by atoms with Crippen molar-refractivity contribution in [3.05, 3.63) is 35.9 Å². The zero-order valence-corrected chi connectivity index (χ0v) is 9.99. The molecule has 0 radical (unpaired) electrons. The lowest BCUT2D eigenvalue weighted by Gasteiger charge is -2.17. The van der Waals surface area contributed by atoms with Gasteiger partial charge in [-0.2, -0.15) is 0 Å². The van der Waals surface area contributed by atoms with E-state index < -0.39 is 0 Å². The van der Waals surface area contributed by atoms with Gasteiger partial charge >= 0.3 is 0 Å². The monoisotopic (exact) mass is 219 g/mol. The number of benzene rings is 1. The molecule has 0 spiro atoms. The summed E-state index contributed by atoms with van der Waals surface area (Å²) >= 11 is 0. The fraction of sp³-hybridized carbons (Fsp3) is 0.571. The molecule has 1 aliphatic rings. The van der Waals surface area contributed by atoms with Gasteiger partial charge in [-0.3, -0.25) is 0 Å². The van der Waals surface area contributed by atoms with Crippen molar-refractivity contribution in [2.24, 2.45) is 5.92 Å². The summed E-state index contributed by atoms with van der Waals surface area (Å²) in [5.41, 5.74) is 1.36. The van der Waals surface area contributed by atoms with E-state index in [1.807, 2.05) is 0 Å². The maximum atomic E-state index is 5.39. The summed E-state index contributed by atoms with van der Waals surface area (Å²) in [5.74, 6) is 0.762. The topological polar surface area (TPSA) is 21.3 Å². The summed E-state index contributed by atoms with van der Waals surface area (Å²) in [6.45, 7) is 5.14. The molecule has 0 amide bonds. The van der Waals surface area contributed by atoms with Crippen LogP contribution in [0.1, 0.15) is 25.3 Å². The summed E-state index contributed by atoms with van der Waals surface area (Å²) < 4.78 is 5.39. The van der Waals surface area contributed by atoms with E-state index in [9.17, 15) is 0 Å². The van der Waals surface area contributed by atoms with Crippen LogP contribution in [0.25, 0.3) is 0 Å². The molecule has 0 saturated carbocycles. The molecule has 2 rings (SSSR count). The first-order chi connectivity index (χ1) is 7.84. The Kier molecular flexibility index (Phi) is 4.37. The van der Waals surface area contributed by atoms with Gasteiger partial charge in [0.15, 0.2) is 0 Å². The molecule has 0 unspecified atom stereocenters. The van der Waals surface area contributed by atoms with Crippen molar-refractivity contribution >= 4 is 0 Å². The number of hydrogen-bond donors (Lipinski definition) is 1. The zero-order valence-electron chi connectivity index (χ0n) is 9.99. The Morgan fingerprint density at radius 1 is 1.38 bits per heavy atom. The summed E-state index contributed by atoms with van der Waals surface area (Å²) in [6.07, 6.45) is 2.46. The summed E-state index contributed by atoms with van der Waals surface area (Å²) in [5, 5.41) is 3.57. The zero-order chi connectivity index (χ0) is 11.2. The van der Waals surface area contributed by atoms with Crippen LogP contribution in [0, 0.1) is 5.92 Å². The molecule has 1 aromatic carbocycles. The summed E-state index contributed by atoms with van der Waals surface area (Å²) in [7, 11) is 0. The van der Waals surface area contributed by atoms with Crippen molar-refractivity contribution in [2.45, 2.75) is 32.4 Å². The molecule has 0 bridgehead atoms. The van der Waals surface area contributed by atoms with Crippen molar-refractivity contribution in [3.63, 3.8) is 0 Å². The number of nitrogens with one attached hydrogen (secondary N) is 1. The van der Waals surface area contributed by atoms with Crippen molar-refractivity contribution in [1.82, 2.24) is 5.32 Å². The third kappa shape index (κ3) is 3.62. The Morgan fingerprint density at radius 3 is 2.88 bits per heavy atom. The largest absolute Gasteiger partial charge is 0.381 e. The Balaban J connectivity index is 1.69. The summed E-state index contributed by atoms with van der Waals surface area (Å²) in [4.78, 5) is 0. The van der Waals surface area contributed by atoms with Crippen LogP contribution in [0.3, 0.4) is 0 Å². The number of rotatable bonds is 5. The van der Waals surface area contributed by atoms with Gasteiger partial charge in [-0.15, -0.1) is 0 Å². The molecule has 1 aromatic rings. The van der Waals surface area contributed by atoms with E-state index in [1.165, 1.54) is 18.4 Å².